The number of piperidine rings is 1. The molecule has 0 spiro atoms. The third kappa shape index (κ3) is 7.09. The first kappa shape index (κ1) is 22.1. The Hall–Kier alpha value is -2.19. The van der Waals surface area contributed by atoms with Crippen LogP contribution in [0.5, 0.6) is 0 Å². The SMILES string of the molecule is CC(C(=O)OC1CC2CCC(C1)N2)c1ccc(Br)cc1.O=C(O)/C=C\C(=O)O. The standard InChI is InChI=1S/C16H20BrNO2.C4H4O4/c1-10(11-2-4-12(17)5-3-11)16(19)20-15-8-13-6-7-14(9-15)18-13;5-3(6)1-2-4(7)8/h2-5,10,13-15,18H,6-9H2,1H3;1-2H,(H,5,6)(H,7,8)/b;2-1-. The highest BCUT2D eigenvalue weighted by atomic mass is 79.9. The Kier molecular flexibility index (Phi) is 8.19. The average molecular weight is 454 g/mol. The normalized spacial score (nSPS) is 24.1. The Morgan fingerprint density at radius 3 is 2.04 bits per heavy atom. The van der Waals surface area contributed by atoms with Gasteiger partial charge in [0.15, 0.2) is 0 Å². The zero-order valence-electron chi connectivity index (χ0n) is 15.5. The van der Waals surface area contributed by atoms with Gasteiger partial charge in [0, 0.05) is 28.7 Å². The van der Waals surface area contributed by atoms with E-state index in [0.717, 1.165) is 22.9 Å². The van der Waals surface area contributed by atoms with Crippen LogP contribution in [0, 0.1) is 0 Å². The zero-order valence-corrected chi connectivity index (χ0v) is 17.1. The lowest BCUT2D eigenvalue weighted by molar-refractivity contribution is -0.152. The van der Waals surface area contributed by atoms with Crippen LogP contribution in [0.1, 0.15) is 44.1 Å². The van der Waals surface area contributed by atoms with Crippen LogP contribution in [-0.4, -0.2) is 46.3 Å². The average Bonchev–Trinajstić information content (AvgIpc) is 2.99. The molecule has 1 aromatic carbocycles. The number of hydrogen-bond donors (Lipinski definition) is 3. The van der Waals surface area contributed by atoms with E-state index < -0.39 is 11.9 Å². The van der Waals surface area contributed by atoms with Gasteiger partial charge in [-0.25, -0.2) is 9.59 Å². The van der Waals surface area contributed by atoms with E-state index in [2.05, 4.69) is 21.2 Å². The molecule has 2 fully saturated rings. The molecule has 0 amide bonds. The molecule has 152 valence electrons. The molecule has 8 heteroatoms. The fourth-order valence-electron chi connectivity index (χ4n) is 3.40. The summed E-state index contributed by atoms with van der Waals surface area (Å²) < 4.78 is 6.75. The number of aliphatic carboxylic acids is 2. The summed E-state index contributed by atoms with van der Waals surface area (Å²) in [5.41, 5.74) is 1.01. The minimum atomic E-state index is -1.26. The maximum atomic E-state index is 12.3. The van der Waals surface area contributed by atoms with E-state index in [9.17, 15) is 14.4 Å². The molecule has 3 N–H and O–H groups in total. The third-order valence-corrected chi connectivity index (χ3v) is 5.33. The lowest BCUT2D eigenvalue weighted by atomic mass is 10.00. The number of esters is 1. The first-order chi connectivity index (χ1) is 13.2. The van der Waals surface area contributed by atoms with Crippen molar-refractivity contribution >= 4 is 33.8 Å². The largest absolute Gasteiger partial charge is 0.478 e. The fraction of sp³-hybridized carbons (Fsp3) is 0.450. The lowest BCUT2D eigenvalue weighted by Crippen LogP contribution is -2.42. The van der Waals surface area contributed by atoms with Crippen molar-refractivity contribution in [1.82, 2.24) is 5.32 Å². The minimum Gasteiger partial charge on any atom is -0.478 e. The van der Waals surface area contributed by atoms with Gasteiger partial charge < -0.3 is 20.3 Å². The number of rotatable bonds is 5. The van der Waals surface area contributed by atoms with E-state index in [1.165, 1.54) is 12.8 Å². The maximum absolute atomic E-state index is 12.3. The predicted octanol–water partition coefficient (Wildman–Crippen LogP) is 3.09. The van der Waals surface area contributed by atoms with Crippen molar-refractivity contribution in [3.05, 3.63) is 46.5 Å². The molecule has 1 aromatic rings. The van der Waals surface area contributed by atoms with E-state index in [1.807, 2.05) is 31.2 Å². The van der Waals surface area contributed by atoms with Gasteiger partial charge >= 0.3 is 17.9 Å². The van der Waals surface area contributed by atoms with Crippen LogP contribution >= 0.6 is 15.9 Å². The molecule has 0 aliphatic carbocycles. The van der Waals surface area contributed by atoms with Crippen LogP contribution < -0.4 is 5.32 Å². The van der Waals surface area contributed by atoms with Gasteiger partial charge in [-0.3, -0.25) is 4.79 Å². The van der Waals surface area contributed by atoms with Gasteiger partial charge in [0.1, 0.15) is 6.10 Å². The zero-order chi connectivity index (χ0) is 20.7. The van der Waals surface area contributed by atoms with E-state index in [0.29, 0.717) is 24.2 Å². The lowest BCUT2D eigenvalue weighted by Gasteiger charge is -2.29. The Morgan fingerprint density at radius 2 is 1.57 bits per heavy atom. The third-order valence-electron chi connectivity index (χ3n) is 4.80. The summed E-state index contributed by atoms with van der Waals surface area (Å²) in [6.07, 6.45) is 5.59. The van der Waals surface area contributed by atoms with Gasteiger partial charge in [0.2, 0.25) is 0 Å². The molecule has 28 heavy (non-hydrogen) atoms. The molecule has 2 aliphatic heterocycles. The van der Waals surface area contributed by atoms with Gasteiger partial charge in [-0.15, -0.1) is 0 Å². The Labute approximate surface area is 171 Å². The van der Waals surface area contributed by atoms with Crippen molar-refractivity contribution in [1.29, 1.82) is 0 Å². The summed E-state index contributed by atoms with van der Waals surface area (Å²) in [5.74, 6) is -2.81. The van der Waals surface area contributed by atoms with Crippen LogP contribution in [0.4, 0.5) is 0 Å². The minimum absolute atomic E-state index is 0.0964. The summed E-state index contributed by atoms with van der Waals surface area (Å²) in [7, 11) is 0. The first-order valence-electron chi connectivity index (χ1n) is 9.10. The van der Waals surface area contributed by atoms with E-state index in [1.54, 1.807) is 0 Å². The number of halogens is 1. The number of benzene rings is 1. The van der Waals surface area contributed by atoms with Gasteiger partial charge in [0.05, 0.1) is 5.92 Å². The smallest absolute Gasteiger partial charge is 0.328 e. The Bertz CT molecular complexity index is 705. The second kappa shape index (κ2) is 10.4. The van der Waals surface area contributed by atoms with Gasteiger partial charge in [0.25, 0.3) is 0 Å². The van der Waals surface area contributed by atoms with E-state index in [-0.39, 0.29) is 18.0 Å². The predicted molar refractivity (Wildman–Crippen MR) is 106 cm³/mol. The van der Waals surface area contributed by atoms with Crippen LogP contribution in [0.3, 0.4) is 0 Å². The molecular formula is C20H24BrNO6. The molecule has 2 aliphatic rings. The Balaban J connectivity index is 0.000000300. The molecule has 0 radical (unpaired) electrons. The molecule has 2 bridgehead atoms. The molecule has 0 saturated carbocycles. The molecule has 0 aromatic heterocycles. The van der Waals surface area contributed by atoms with Crippen molar-refractivity contribution in [3.8, 4) is 0 Å². The number of hydrogen-bond acceptors (Lipinski definition) is 5. The number of ether oxygens (including phenoxy) is 1. The van der Waals surface area contributed by atoms with Crippen molar-refractivity contribution in [2.75, 3.05) is 0 Å². The molecule has 2 heterocycles. The van der Waals surface area contributed by atoms with Crippen LogP contribution in [0.15, 0.2) is 40.9 Å². The van der Waals surface area contributed by atoms with Crippen molar-refractivity contribution in [2.24, 2.45) is 0 Å². The van der Waals surface area contributed by atoms with Gasteiger partial charge in [-0.1, -0.05) is 28.1 Å². The summed E-state index contributed by atoms with van der Waals surface area (Å²) in [4.78, 5) is 31.4. The topological polar surface area (TPSA) is 113 Å². The molecule has 2 saturated heterocycles. The van der Waals surface area contributed by atoms with Gasteiger partial charge in [-0.2, -0.15) is 0 Å². The van der Waals surface area contributed by atoms with Crippen molar-refractivity contribution < 1.29 is 29.3 Å². The number of carboxylic acid groups (broad SMARTS) is 2. The van der Waals surface area contributed by atoms with Crippen LogP contribution in [-0.2, 0) is 19.1 Å². The molecular weight excluding hydrogens is 430 g/mol. The maximum Gasteiger partial charge on any atom is 0.328 e. The summed E-state index contributed by atoms with van der Waals surface area (Å²) in [5, 5.41) is 19.2. The molecule has 3 rings (SSSR count). The van der Waals surface area contributed by atoms with E-state index in [4.69, 9.17) is 14.9 Å². The monoisotopic (exact) mass is 453 g/mol. The number of carbonyl (C=O) groups excluding carboxylic acids is 1. The van der Waals surface area contributed by atoms with Crippen molar-refractivity contribution in [2.45, 2.75) is 56.7 Å². The fourth-order valence-corrected chi connectivity index (χ4v) is 3.66. The number of fused-ring (bicyclic) bond motifs is 2. The second-order valence-electron chi connectivity index (χ2n) is 6.95. The summed E-state index contributed by atoms with van der Waals surface area (Å²) >= 11 is 3.41. The molecule has 3 atom stereocenters. The van der Waals surface area contributed by atoms with Crippen molar-refractivity contribution in [3.63, 3.8) is 0 Å². The summed E-state index contributed by atoms with van der Waals surface area (Å²) in [6, 6.07) is 8.97. The van der Waals surface area contributed by atoms with E-state index >= 15 is 0 Å². The summed E-state index contributed by atoms with van der Waals surface area (Å²) in [6.45, 7) is 1.92. The van der Waals surface area contributed by atoms with Crippen LogP contribution in [0.2, 0.25) is 0 Å². The quantitative estimate of drug-likeness (QED) is 0.463. The highest BCUT2D eigenvalue weighted by molar-refractivity contribution is 9.10. The first-order valence-corrected chi connectivity index (χ1v) is 9.89. The second-order valence-corrected chi connectivity index (χ2v) is 7.87. The highest BCUT2D eigenvalue weighted by Crippen LogP contribution is 2.30. The number of carboxylic acids is 2. The van der Waals surface area contributed by atoms with Gasteiger partial charge in [-0.05, 0) is 50.3 Å². The number of carbonyl (C=O) groups is 3. The Morgan fingerprint density at radius 1 is 1.07 bits per heavy atom. The number of nitrogens with one attached hydrogen (secondary N) is 1. The highest BCUT2D eigenvalue weighted by Gasteiger charge is 2.35. The molecule has 3 unspecified atom stereocenters. The molecule has 7 nitrogen and oxygen atoms in total. The van der Waals surface area contributed by atoms with Crippen LogP contribution in [0.25, 0.3) is 0 Å².